The average Bonchev–Trinajstić information content (AvgIpc) is 3.61. The first kappa shape index (κ1) is 25.1. The second kappa shape index (κ2) is 9.40. The second-order valence-electron chi connectivity index (χ2n) is 11.8. The molecule has 2 aromatic rings. The second-order valence-corrected chi connectivity index (χ2v) is 13.9. The maximum atomic E-state index is 12.4. The molecule has 5 rings (SSSR count). The van der Waals surface area contributed by atoms with Gasteiger partial charge in [-0.3, -0.25) is 0 Å². The molecular formula is C29H37NO5S. The zero-order valence-electron chi connectivity index (χ0n) is 21.6. The molecule has 0 atom stereocenters. The number of ether oxygens (including phenoxy) is 2. The van der Waals surface area contributed by atoms with E-state index in [0.717, 1.165) is 61.0 Å². The smallest absolute Gasteiger partial charge is 0.410 e. The number of hydrogen-bond acceptors (Lipinski definition) is 5. The van der Waals surface area contributed by atoms with Crippen LogP contribution >= 0.6 is 0 Å². The van der Waals surface area contributed by atoms with Gasteiger partial charge in [0.05, 0.1) is 11.5 Å². The van der Waals surface area contributed by atoms with E-state index in [4.69, 9.17) is 9.47 Å². The molecule has 1 saturated heterocycles. The highest BCUT2D eigenvalue weighted by molar-refractivity contribution is 7.90. The van der Waals surface area contributed by atoms with Crippen molar-refractivity contribution < 1.29 is 22.7 Å². The van der Waals surface area contributed by atoms with Crippen molar-refractivity contribution in [2.45, 2.75) is 76.3 Å². The lowest BCUT2D eigenvalue weighted by atomic mass is 9.82. The number of amides is 1. The molecular weight excluding hydrogens is 474 g/mol. The Morgan fingerprint density at radius 1 is 1.03 bits per heavy atom. The summed E-state index contributed by atoms with van der Waals surface area (Å²) in [4.78, 5) is 14.2. The molecule has 194 valence electrons. The van der Waals surface area contributed by atoms with Crippen LogP contribution in [0.3, 0.4) is 0 Å². The fraction of sp³-hybridized carbons (Fsp3) is 0.552. The third-order valence-electron chi connectivity index (χ3n) is 7.42. The molecule has 2 aromatic carbocycles. The van der Waals surface area contributed by atoms with Crippen LogP contribution in [0.25, 0.3) is 11.1 Å². The van der Waals surface area contributed by atoms with Gasteiger partial charge >= 0.3 is 6.09 Å². The molecule has 6 nitrogen and oxygen atoms in total. The van der Waals surface area contributed by atoms with Crippen LogP contribution in [-0.2, 0) is 26.7 Å². The summed E-state index contributed by atoms with van der Waals surface area (Å²) in [5.41, 5.74) is 3.52. The third-order valence-corrected chi connectivity index (χ3v) is 9.18. The van der Waals surface area contributed by atoms with Crippen LogP contribution in [0.1, 0.15) is 64.0 Å². The van der Waals surface area contributed by atoms with E-state index >= 15 is 0 Å². The number of nitrogens with zero attached hydrogens (tertiary/aromatic N) is 1. The molecule has 1 saturated carbocycles. The first-order valence-corrected chi connectivity index (χ1v) is 14.9. The maximum Gasteiger partial charge on any atom is 0.410 e. The lowest BCUT2D eigenvalue weighted by molar-refractivity contribution is -0.0272. The van der Waals surface area contributed by atoms with E-state index in [1.165, 1.54) is 5.56 Å². The minimum atomic E-state index is -3.04. The average molecular weight is 512 g/mol. The third kappa shape index (κ3) is 6.05. The van der Waals surface area contributed by atoms with Gasteiger partial charge in [-0.25, -0.2) is 13.2 Å². The van der Waals surface area contributed by atoms with Crippen molar-refractivity contribution >= 4 is 15.9 Å². The SMILES string of the molecule is CC(C)(C)OC(=O)N1CCC2(CCc3cc(-c4ccc(CS(=O)(=O)CC5CC5)cc4)ccc3O2)CC1. The maximum absolute atomic E-state index is 12.4. The van der Waals surface area contributed by atoms with Gasteiger partial charge in [0, 0.05) is 25.9 Å². The molecule has 2 aliphatic heterocycles. The van der Waals surface area contributed by atoms with Crippen molar-refractivity contribution in [1.82, 2.24) is 4.90 Å². The van der Waals surface area contributed by atoms with E-state index < -0.39 is 15.4 Å². The van der Waals surface area contributed by atoms with Gasteiger partial charge in [0.1, 0.15) is 17.0 Å². The number of likely N-dealkylation sites (tertiary alicyclic amines) is 1. The molecule has 36 heavy (non-hydrogen) atoms. The first-order valence-electron chi connectivity index (χ1n) is 13.1. The van der Waals surface area contributed by atoms with E-state index in [9.17, 15) is 13.2 Å². The molecule has 7 heteroatoms. The number of carbonyl (C=O) groups excluding carboxylic acids is 1. The van der Waals surface area contributed by atoms with Gasteiger partial charge in [-0.15, -0.1) is 0 Å². The first-order chi connectivity index (χ1) is 17.0. The van der Waals surface area contributed by atoms with Gasteiger partial charge in [-0.1, -0.05) is 30.3 Å². The molecule has 0 aromatic heterocycles. The van der Waals surface area contributed by atoms with E-state index in [-0.39, 0.29) is 17.4 Å². The van der Waals surface area contributed by atoms with Gasteiger partial charge in [-0.2, -0.15) is 0 Å². The molecule has 2 fully saturated rings. The Bertz CT molecular complexity index is 1220. The largest absolute Gasteiger partial charge is 0.487 e. The van der Waals surface area contributed by atoms with E-state index in [0.29, 0.717) is 24.8 Å². The van der Waals surface area contributed by atoms with Crippen molar-refractivity contribution in [3.63, 3.8) is 0 Å². The summed E-state index contributed by atoms with van der Waals surface area (Å²) < 4.78 is 36.8. The molecule has 1 spiro atoms. The number of carbonyl (C=O) groups is 1. The molecule has 2 heterocycles. The highest BCUT2D eigenvalue weighted by Crippen LogP contribution is 2.41. The highest BCUT2D eigenvalue weighted by Gasteiger charge is 2.41. The Balaban J connectivity index is 1.21. The zero-order chi connectivity index (χ0) is 25.6. The molecule has 0 N–H and O–H groups in total. The minimum Gasteiger partial charge on any atom is -0.487 e. The van der Waals surface area contributed by atoms with Crippen LogP contribution in [0.15, 0.2) is 42.5 Å². The monoisotopic (exact) mass is 511 g/mol. The number of aryl methyl sites for hydroxylation is 1. The van der Waals surface area contributed by atoms with E-state index in [1.807, 2.05) is 45.0 Å². The highest BCUT2D eigenvalue weighted by atomic mass is 32.2. The van der Waals surface area contributed by atoms with Crippen molar-refractivity contribution in [2.75, 3.05) is 18.8 Å². The molecule has 3 aliphatic rings. The normalized spacial score (nSPS) is 19.5. The van der Waals surface area contributed by atoms with Crippen LogP contribution in [0.4, 0.5) is 4.79 Å². The molecule has 0 unspecified atom stereocenters. The van der Waals surface area contributed by atoms with Gasteiger partial charge < -0.3 is 14.4 Å². The Labute approximate surface area is 214 Å². The summed E-state index contributed by atoms with van der Waals surface area (Å²) in [6.45, 7) is 6.96. The summed E-state index contributed by atoms with van der Waals surface area (Å²) in [7, 11) is -3.04. The molecule has 0 radical (unpaired) electrons. The Morgan fingerprint density at radius 3 is 2.33 bits per heavy atom. The summed E-state index contributed by atoms with van der Waals surface area (Å²) in [6, 6.07) is 14.2. The summed E-state index contributed by atoms with van der Waals surface area (Å²) in [6.07, 6.45) is 5.33. The lowest BCUT2D eigenvalue weighted by Gasteiger charge is -2.44. The Morgan fingerprint density at radius 2 is 1.69 bits per heavy atom. The number of rotatable bonds is 5. The minimum absolute atomic E-state index is 0.120. The van der Waals surface area contributed by atoms with Crippen LogP contribution in [-0.4, -0.2) is 49.5 Å². The van der Waals surface area contributed by atoms with Crippen LogP contribution in [0.2, 0.25) is 0 Å². The number of benzene rings is 2. The van der Waals surface area contributed by atoms with Gasteiger partial charge in [-0.05, 0) is 86.8 Å². The molecule has 1 aliphatic carbocycles. The standard InChI is InChI=1S/C29H37NO5S/c1-28(2,3)35-27(31)30-16-14-29(15-17-30)13-12-25-18-24(10-11-26(25)34-29)23-8-6-22(7-9-23)20-36(32,33)19-21-4-5-21/h6-11,18,21H,4-5,12-17,19-20H2,1-3H3. The van der Waals surface area contributed by atoms with Crippen LogP contribution in [0, 0.1) is 5.92 Å². The Hall–Kier alpha value is -2.54. The fourth-order valence-electron chi connectivity index (χ4n) is 5.23. The number of sulfone groups is 1. The molecule has 0 bridgehead atoms. The Kier molecular flexibility index (Phi) is 6.56. The number of hydrogen-bond donors (Lipinski definition) is 0. The van der Waals surface area contributed by atoms with Crippen molar-refractivity contribution in [3.05, 3.63) is 53.6 Å². The van der Waals surface area contributed by atoms with Crippen LogP contribution in [0.5, 0.6) is 5.75 Å². The van der Waals surface area contributed by atoms with Crippen molar-refractivity contribution in [2.24, 2.45) is 5.92 Å². The molecule has 1 amide bonds. The number of fused-ring (bicyclic) bond motifs is 1. The fourth-order valence-corrected chi connectivity index (χ4v) is 7.10. The van der Waals surface area contributed by atoms with Gasteiger partial charge in [0.25, 0.3) is 0 Å². The van der Waals surface area contributed by atoms with E-state index in [2.05, 4.69) is 18.2 Å². The van der Waals surface area contributed by atoms with Crippen LogP contribution < -0.4 is 4.74 Å². The predicted octanol–water partition coefficient (Wildman–Crippen LogP) is 5.77. The van der Waals surface area contributed by atoms with Gasteiger partial charge in [0.2, 0.25) is 0 Å². The summed E-state index contributed by atoms with van der Waals surface area (Å²) in [5.74, 6) is 1.75. The van der Waals surface area contributed by atoms with E-state index in [1.54, 1.807) is 4.90 Å². The summed E-state index contributed by atoms with van der Waals surface area (Å²) in [5, 5.41) is 0. The topological polar surface area (TPSA) is 72.9 Å². The quantitative estimate of drug-likeness (QED) is 0.509. The van der Waals surface area contributed by atoms with Crippen molar-refractivity contribution in [1.29, 1.82) is 0 Å². The number of piperidine rings is 1. The van der Waals surface area contributed by atoms with Gasteiger partial charge in [0.15, 0.2) is 9.84 Å². The predicted molar refractivity (Wildman–Crippen MR) is 141 cm³/mol. The zero-order valence-corrected chi connectivity index (χ0v) is 22.4. The van der Waals surface area contributed by atoms with Crippen molar-refractivity contribution in [3.8, 4) is 16.9 Å². The lowest BCUT2D eigenvalue weighted by Crippen LogP contribution is -2.52. The summed E-state index contributed by atoms with van der Waals surface area (Å²) >= 11 is 0.